The molecule has 5 rings (SSSR count). The Morgan fingerprint density at radius 1 is 1.02 bits per heavy atom. The molecule has 7 nitrogen and oxygen atoms in total. The van der Waals surface area contributed by atoms with E-state index in [4.69, 9.17) is 15.2 Å². The maximum Gasteiger partial charge on any atom is 0.145 e. The first-order chi connectivity index (χ1) is 19.3. The van der Waals surface area contributed by atoms with E-state index >= 15 is 0 Å². The average molecular weight is 549 g/mol. The number of halogens is 3. The van der Waals surface area contributed by atoms with Crippen LogP contribution in [0.5, 0.6) is 5.75 Å². The molecule has 40 heavy (non-hydrogen) atoms. The number of hydrogen-bond donors (Lipinski definition) is 2. The maximum absolute atomic E-state index is 14.6. The summed E-state index contributed by atoms with van der Waals surface area (Å²) in [5.41, 5.74) is 8.88. The second kappa shape index (κ2) is 11.5. The number of nitrogens with zero attached hydrogens (tertiary/aromatic N) is 3. The predicted molar refractivity (Wildman–Crippen MR) is 145 cm³/mol. The van der Waals surface area contributed by atoms with Crippen molar-refractivity contribution in [2.24, 2.45) is 5.73 Å². The van der Waals surface area contributed by atoms with Crippen LogP contribution < -0.4 is 15.4 Å². The molecule has 3 aromatic carbocycles. The van der Waals surface area contributed by atoms with Gasteiger partial charge in [0.05, 0.1) is 29.5 Å². The van der Waals surface area contributed by atoms with Gasteiger partial charge in [-0.3, -0.25) is 4.98 Å². The van der Waals surface area contributed by atoms with Gasteiger partial charge in [0.2, 0.25) is 0 Å². The van der Waals surface area contributed by atoms with Crippen LogP contribution in [0.2, 0.25) is 0 Å². The quantitative estimate of drug-likeness (QED) is 0.320. The molecule has 0 saturated carbocycles. The van der Waals surface area contributed by atoms with Crippen LogP contribution in [0.1, 0.15) is 12.0 Å². The number of anilines is 1. The SMILES string of the molecule is COCCOc1c(C#N)cc(F)cc1-c1ccc2ncc(-c3cc(F)cc(F)c3)c(N3CCC(N)C(O)C3)c2c1. The lowest BCUT2D eigenvalue weighted by Crippen LogP contribution is -2.50. The first-order valence-electron chi connectivity index (χ1n) is 12.7. The van der Waals surface area contributed by atoms with E-state index in [1.165, 1.54) is 25.3 Å². The number of piperidine rings is 1. The number of rotatable bonds is 7. The molecule has 206 valence electrons. The van der Waals surface area contributed by atoms with Gasteiger partial charge in [0.15, 0.2) is 0 Å². The highest BCUT2D eigenvalue weighted by molar-refractivity contribution is 6.02. The van der Waals surface area contributed by atoms with Crippen molar-refractivity contribution in [3.63, 3.8) is 0 Å². The molecule has 0 amide bonds. The number of nitriles is 1. The molecule has 3 N–H and O–H groups in total. The standard InChI is InChI=1S/C30H27F3N4O3/c1-39-6-7-40-30-19(14-34)10-22(33)13-23(30)17-2-3-27-24(11-17)29(37-5-4-26(35)28(38)16-37)25(15-36-27)18-8-20(31)12-21(32)9-18/h2-3,8-13,15,26,28,38H,4-7,16,35H2,1H3. The molecule has 4 aromatic rings. The van der Waals surface area contributed by atoms with Crippen molar-refractivity contribution < 1.29 is 27.8 Å². The van der Waals surface area contributed by atoms with E-state index in [0.717, 1.165) is 12.1 Å². The van der Waals surface area contributed by atoms with E-state index in [-0.39, 0.29) is 36.6 Å². The lowest BCUT2D eigenvalue weighted by Gasteiger charge is -2.37. The lowest BCUT2D eigenvalue weighted by atomic mass is 9.94. The highest BCUT2D eigenvalue weighted by Crippen LogP contribution is 2.41. The summed E-state index contributed by atoms with van der Waals surface area (Å²) in [6.45, 7) is 1.08. The van der Waals surface area contributed by atoms with E-state index in [1.54, 1.807) is 24.4 Å². The molecule has 1 fully saturated rings. The first-order valence-corrected chi connectivity index (χ1v) is 12.7. The number of aromatic nitrogens is 1. The van der Waals surface area contributed by atoms with Crippen molar-refractivity contribution in [1.82, 2.24) is 4.98 Å². The zero-order valence-corrected chi connectivity index (χ0v) is 21.7. The van der Waals surface area contributed by atoms with E-state index in [9.17, 15) is 23.5 Å². The minimum Gasteiger partial charge on any atom is -0.489 e. The summed E-state index contributed by atoms with van der Waals surface area (Å²) < 4.78 is 54.1. The molecule has 2 atom stereocenters. The Hall–Kier alpha value is -4.17. The van der Waals surface area contributed by atoms with Crippen LogP contribution in [0.25, 0.3) is 33.2 Å². The second-order valence-corrected chi connectivity index (χ2v) is 9.66. The third-order valence-electron chi connectivity index (χ3n) is 6.98. The number of nitrogens with two attached hydrogens (primary N) is 1. The number of benzene rings is 3. The van der Waals surface area contributed by atoms with Gasteiger partial charge in [-0.25, -0.2) is 13.2 Å². The smallest absolute Gasteiger partial charge is 0.145 e. The Morgan fingerprint density at radius 3 is 2.48 bits per heavy atom. The van der Waals surface area contributed by atoms with Crippen LogP contribution in [0.4, 0.5) is 18.9 Å². The Morgan fingerprint density at radius 2 is 1.77 bits per heavy atom. The average Bonchev–Trinajstić information content (AvgIpc) is 2.93. The molecule has 1 aliphatic rings. The first kappa shape index (κ1) is 27.4. The third-order valence-corrected chi connectivity index (χ3v) is 6.98. The molecule has 0 spiro atoms. The van der Waals surface area contributed by atoms with Crippen LogP contribution in [0, 0.1) is 28.8 Å². The molecule has 0 bridgehead atoms. The molecule has 1 aliphatic heterocycles. The van der Waals surface area contributed by atoms with Gasteiger partial charge in [0.25, 0.3) is 0 Å². The van der Waals surface area contributed by atoms with E-state index in [0.29, 0.717) is 46.2 Å². The van der Waals surface area contributed by atoms with Gasteiger partial charge in [-0.15, -0.1) is 0 Å². The summed E-state index contributed by atoms with van der Waals surface area (Å²) in [5, 5.41) is 20.9. The fourth-order valence-electron chi connectivity index (χ4n) is 5.03. The zero-order chi connectivity index (χ0) is 28.4. The number of ether oxygens (including phenoxy) is 2. The van der Waals surface area contributed by atoms with E-state index in [1.807, 2.05) is 11.0 Å². The van der Waals surface area contributed by atoms with Gasteiger partial charge < -0.3 is 25.2 Å². The molecule has 1 aromatic heterocycles. The van der Waals surface area contributed by atoms with Crippen molar-refractivity contribution in [1.29, 1.82) is 5.26 Å². The van der Waals surface area contributed by atoms with Crippen LogP contribution in [-0.4, -0.2) is 55.6 Å². The van der Waals surface area contributed by atoms with Gasteiger partial charge in [0, 0.05) is 55.0 Å². The topological polar surface area (TPSA) is 105 Å². The minimum absolute atomic E-state index is 0.0293. The number of aliphatic hydroxyl groups is 1. The van der Waals surface area contributed by atoms with Crippen LogP contribution in [0.15, 0.2) is 54.7 Å². The number of pyridine rings is 1. The van der Waals surface area contributed by atoms with Crippen molar-refractivity contribution in [3.05, 3.63) is 77.7 Å². The van der Waals surface area contributed by atoms with Gasteiger partial charge in [-0.2, -0.15) is 5.26 Å². The van der Waals surface area contributed by atoms with Crippen molar-refractivity contribution in [3.8, 4) is 34.1 Å². The predicted octanol–water partition coefficient (Wildman–Crippen LogP) is 4.78. The fraction of sp³-hybridized carbons (Fsp3) is 0.267. The minimum atomic E-state index is -0.820. The normalized spacial score (nSPS) is 17.2. The Kier molecular flexibility index (Phi) is 7.89. The van der Waals surface area contributed by atoms with Gasteiger partial charge in [0.1, 0.15) is 35.9 Å². The zero-order valence-electron chi connectivity index (χ0n) is 21.7. The largest absolute Gasteiger partial charge is 0.489 e. The van der Waals surface area contributed by atoms with Crippen molar-refractivity contribution >= 4 is 16.6 Å². The van der Waals surface area contributed by atoms with Crippen LogP contribution in [-0.2, 0) is 4.74 Å². The Labute approximate surface area is 229 Å². The summed E-state index contributed by atoms with van der Waals surface area (Å²) >= 11 is 0. The summed E-state index contributed by atoms with van der Waals surface area (Å²) in [7, 11) is 1.52. The Bertz CT molecular complexity index is 1590. The summed E-state index contributed by atoms with van der Waals surface area (Å²) in [6.07, 6.45) is 1.22. The molecule has 2 heterocycles. The summed E-state index contributed by atoms with van der Waals surface area (Å²) in [5.74, 6) is -1.88. The Balaban J connectivity index is 1.74. The number of fused-ring (bicyclic) bond motifs is 1. The van der Waals surface area contributed by atoms with Gasteiger partial charge in [-0.1, -0.05) is 6.07 Å². The number of β-amino-alcohol motifs (C(OH)–C–C–N with tert-alkyl or cyclic N) is 1. The summed E-state index contributed by atoms with van der Waals surface area (Å²) in [4.78, 5) is 6.46. The van der Waals surface area contributed by atoms with E-state index < -0.39 is 29.6 Å². The molecule has 0 aliphatic carbocycles. The molecule has 10 heteroatoms. The van der Waals surface area contributed by atoms with E-state index in [2.05, 4.69) is 4.98 Å². The number of aliphatic hydroxyl groups excluding tert-OH is 1. The van der Waals surface area contributed by atoms with Gasteiger partial charge in [-0.05, 0) is 53.9 Å². The molecular weight excluding hydrogens is 521 g/mol. The third kappa shape index (κ3) is 5.45. The van der Waals surface area contributed by atoms with Gasteiger partial charge >= 0.3 is 0 Å². The van der Waals surface area contributed by atoms with Crippen molar-refractivity contribution in [2.75, 3.05) is 38.3 Å². The highest BCUT2D eigenvalue weighted by Gasteiger charge is 2.28. The number of hydrogen-bond acceptors (Lipinski definition) is 7. The fourth-order valence-corrected chi connectivity index (χ4v) is 5.03. The molecular formula is C30H27F3N4O3. The summed E-state index contributed by atoms with van der Waals surface area (Å²) in [6, 6.07) is 12.5. The maximum atomic E-state index is 14.6. The highest BCUT2D eigenvalue weighted by atomic mass is 19.1. The second-order valence-electron chi connectivity index (χ2n) is 9.66. The molecule has 0 radical (unpaired) electrons. The monoisotopic (exact) mass is 548 g/mol. The molecule has 1 saturated heterocycles. The lowest BCUT2D eigenvalue weighted by molar-refractivity contribution is 0.132. The number of methoxy groups -OCH3 is 1. The molecule has 2 unspecified atom stereocenters. The van der Waals surface area contributed by atoms with Crippen LogP contribution in [0.3, 0.4) is 0 Å². The van der Waals surface area contributed by atoms with Crippen LogP contribution >= 0.6 is 0 Å². The van der Waals surface area contributed by atoms with Crippen molar-refractivity contribution in [2.45, 2.75) is 18.6 Å².